The van der Waals surface area contributed by atoms with E-state index in [-0.39, 0.29) is 6.42 Å². The summed E-state index contributed by atoms with van der Waals surface area (Å²) in [5, 5.41) is 17.5. The van der Waals surface area contributed by atoms with Gasteiger partial charge in [-0.25, -0.2) is 4.39 Å². The lowest BCUT2D eigenvalue weighted by atomic mass is 10.1. The fourth-order valence-corrected chi connectivity index (χ4v) is 1.13. The van der Waals surface area contributed by atoms with Gasteiger partial charge in [-0.2, -0.15) is 0 Å². The molecule has 0 heterocycles. The number of alkyl halides is 1. The van der Waals surface area contributed by atoms with Crippen LogP contribution in [0.2, 0.25) is 0 Å². The van der Waals surface area contributed by atoms with Crippen molar-refractivity contribution in [2.45, 2.75) is 51.3 Å². The Morgan fingerprint density at radius 1 is 1.54 bits per heavy atom. The fraction of sp³-hybridized carbons (Fsp3) is 0.889. The van der Waals surface area contributed by atoms with Crippen LogP contribution in [0.15, 0.2) is 0 Å². The van der Waals surface area contributed by atoms with Crippen LogP contribution in [0.5, 0.6) is 0 Å². The van der Waals surface area contributed by atoms with Gasteiger partial charge in [0.1, 0.15) is 6.17 Å². The van der Waals surface area contributed by atoms with E-state index in [0.29, 0.717) is 6.42 Å². The molecule has 0 aromatic rings. The predicted octanol–water partition coefficient (Wildman–Crippen LogP) is 1.74. The van der Waals surface area contributed by atoms with Crippen molar-refractivity contribution in [2.75, 3.05) is 0 Å². The van der Waals surface area contributed by atoms with Crippen LogP contribution in [-0.4, -0.2) is 28.5 Å². The highest BCUT2D eigenvalue weighted by molar-refractivity contribution is 5.67. The van der Waals surface area contributed by atoms with Gasteiger partial charge in [0.15, 0.2) is 0 Å². The third-order valence-electron chi connectivity index (χ3n) is 1.81. The van der Waals surface area contributed by atoms with Crippen molar-refractivity contribution >= 4 is 5.97 Å². The number of carboxylic acid groups (broad SMARTS) is 1. The molecule has 3 nitrogen and oxygen atoms in total. The van der Waals surface area contributed by atoms with Crippen LogP contribution in [-0.2, 0) is 4.79 Å². The second kappa shape index (κ2) is 6.83. The minimum atomic E-state index is -1.43. The molecule has 0 aromatic carbocycles. The molecule has 13 heavy (non-hydrogen) atoms. The van der Waals surface area contributed by atoms with Crippen molar-refractivity contribution in [3.05, 3.63) is 0 Å². The van der Waals surface area contributed by atoms with Crippen LogP contribution in [0.25, 0.3) is 0 Å². The number of carboxylic acids is 1. The average Bonchev–Trinajstić information content (AvgIpc) is 1.98. The molecule has 0 unspecified atom stereocenters. The number of aliphatic carboxylic acids is 1. The quantitative estimate of drug-likeness (QED) is 0.646. The van der Waals surface area contributed by atoms with E-state index in [4.69, 9.17) is 5.11 Å². The molecular weight excluding hydrogens is 175 g/mol. The Bertz CT molecular complexity index is 150. The maximum atomic E-state index is 12.8. The van der Waals surface area contributed by atoms with E-state index in [1.165, 1.54) is 0 Å². The number of hydrogen-bond acceptors (Lipinski definition) is 2. The van der Waals surface area contributed by atoms with Crippen LogP contribution in [0.3, 0.4) is 0 Å². The van der Waals surface area contributed by atoms with Gasteiger partial charge in [0, 0.05) is 6.42 Å². The third-order valence-corrected chi connectivity index (χ3v) is 1.81. The van der Waals surface area contributed by atoms with Gasteiger partial charge in [0.05, 0.1) is 12.5 Å². The molecule has 2 N–H and O–H groups in total. The van der Waals surface area contributed by atoms with Crippen LogP contribution < -0.4 is 0 Å². The maximum absolute atomic E-state index is 12.8. The fourth-order valence-electron chi connectivity index (χ4n) is 1.13. The molecule has 0 aliphatic heterocycles. The van der Waals surface area contributed by atoms with Crippen molar-refractivity contribution in [1.29, 1.82) is 0 Å². The summed E-state index contributed by atoms with van der Waals surface area (Å²) >= 11 is 0. The first kappa shape index (κ1) is 12.4. The average molecular weight is 192 g/mol. The van der Waals surface area contributed by atoms with Crippen molar-refractivity contribution in [1.82, 2.24) is 0 Å². The van der Waals surface area contributed by atoms with Crippen molar-refractivity contribution in [3.63, 3.8) is 0 Å². The zero-order chi connectivity index (χ0) is 10.3. The van der Waals surface area contributed by atoms with Gasteiger partial charge in [-0.3, -0.25) is 4.79 Å². The summed E-state index contributed by atoms with van der Waals surface area (Å²) in [5.41, 5.74) is 0. The molecule has 0 bridgehead atoms. The molecule has 0 aromatic heterocycles. The van der Waals surface area contributed by atoms with Crippen LogP contribution in [0.4, 0.5) is 4.39 Å². The van der Waals surface area contributed by atoms with Gasteiger partial charge in [-0.05, 0) is 6.42 Å². The largest absolute Gasteiger partial charge is 0.481 e. The summed E-state index contributed by atoms with van der Waals surface area (Å²) in [6.07, 6.45) is -0.349. The normalized spacial score (nSPS) is 15.3. The zero-order valence-corrected chi connectivity index (χ0v) is 7.87. The predicted molar refractivity (Wildman–Crippen MR) is 47.3 cm³/mol. The molecule has 0 rings (SSSR count). The van der Waals surface area contributed by atoms with Crippen molar-refractivity contribution in [2.24, 2.45) is 0 Å². The van der Waals surface area contributed by atoms with E-state index in [9.17, 15) is 14.3 Å². The lowest BCUT2D eigenvalue weighted by Gasteiger charge is -2.11. The van der Waals surface area contributed by atoms with Gasteiger partial charge < -0.3 is 10.2 Å². The molecule has 0 amide bonds. The Morgan fingerprint density at radius 2 is 2.15 bits per heavy atom. The molecule has 0 saturated heterocycles. The van der Waals surface area contributed by atoms with E-state index < -0.39 is 24.7 Å². The Balaban J connectivity index is 3.52. The van der Waals surface area contributed by atoms with E-state index >= 15 is 0 Å². The number of aliphatic hydroxyl groups excluding tert-OH is 1. The van der Waals surface area contributed by atoms with Gasteiger partial charge in [-0.15, -0.1) is 0 Å². The molecule has 4 heteroatoms. The SMILES string of the molecule is CCCC[C@H](O)C[C@@H](F)CC(=O)O. The first-order chi connectivity index (χ1) is 6.06. The van der Waals surface area contributed by atoms with Gasteiger partial charge >= 0.3 is 5.97 Å². The Labute approximate surface area is 77.6 Å². The minimum Gasteiger partial charge on any atom is -0.481 e. The van der Waals surface area contributed by atoms with Crippen LogP contribution in [0, 0.1) is 0 Å². The minimum absolute atomic E-state index is 0.0632. The molecule has 0 saturated carbocycles. The molecule has 78 valence electrons. The summed E-state index contributed by atoms with van der Waals surface area (Å²) in [6.45, 7) is 1.98. The second-order valence-corrected chi connectivity index (χ2v) is 3.23. The van der Waals surface area contributed by atoms with Crippen molar-refractivity contribution in [3.8, 4) is 0 Å². The molecule has 0 aliphatic rings. The maximum Gasteiger partial charge on any atom is 0.306 e. The number of hydrogen-bond donors (Lipinski definition) is 2. The lowest BCUT2D eigenvalue weighted by Crippen LogP contribution is -2.17. The molecule has 0 radical (unpaired) electrons. The standard InChI is InChI=1S/C9H17FO3/c1-2-3-4-8(11)5-7(10)6-9(12)13/h7-8,11H,2-6H2,1H3,(H,12,13)/t7-,8+/m1/s1. The van der Waals surface area contributed by atoms with Gasteiger partial charge in [0.25, 0.3) is 0 Å². The highest BCUT2D eigenvalue weighted by Crippen LogP contribution is 2.11. The van der Waals surface area contributed by atoms with E-state index in [1.807, 2.05) is 6.92 Å². The molecule has 0 fully saturated rings. The number of carbonyl (C=O) groups is 1. The first-order valence-electron chi connectivity index (χ1n) is 4.60. The zero-order valence-electron chi connectivity index (χ0n) is 7.87. The number of aliphatic hydroxyl groups is 1. The topological polar surface area (TPSA) is 57.5 Å². The summed E-state index contributed by atoms with van der Waals surface area (Å²) in [4.78, 5) is 10.1. The molecular formula is C9H17FO3. The Kier molecular flexibility index (Phi) is 6.49. The summed E-state index contributed by atoms with van der Waals surface area (Å²) in [7, 11) is 0. The van der Waals surface area contributed by atoms with E-state index in [1.54, 1.807) is 0 Å². The highest BCUT2D eigenvalue weighted by atomic mass is 19.1. The Hall–Kier alpha value is -0.640. The smallest absolute Gasteiger partial charge is 0.306 e. The molecule has 2 atom stereocenters. The van der Waals surface area contributed by atoms with Crippen molar-refractivity contribution < 1.29 is 19.4 Å². The second-order valence-electron chi connectivity index (χ2n) is 3.23. The number of halogens is 1. The van der Waals surface area contributed by atoms with Gasteiger partial charge in [-0.1, -0.05) is 19.8 Å². The molecule has 0 aliphatic carbocycles. The van der Waals surface area contributed by atoms with Gasteiger partial charge in [0.2, 0.25) is 0 Å². The summed E-state index contributed by atoms with van der Waals surface area (Å²) < 4.78 is 12.8. The first-order valence-corrected chi connectivity index (χ1v) is 4.60. The Morgan fingerprint density at radius 3 is 2.62 bits per heavy atom. The number of rotatable bonds is 7. The lowest BCUT2D eigenvalue weighted by molar-refractivity contribution is -0.138. The third kappa shape index (κ3) is 7.71. The van der Waals surface area contributed by atoms with E-state index in [2.05, 4.69) is 0 Å². The molecule has 0 spiro atoms. The van der Waals surface area contributed by atoms with Crippen LogP contribution in [0.1, 0.15) is 39.0 Å². The number of unbranched alkanes of at least 4 members (excludes halogenated alkanes) is 1. The van der Waals surface area contributed by atoms with E-state index in [0.717, 1.165) is 12.8 Å². The summed E-state index contributed by atoms with van der Waals surface area (Å²) in [5.74, 6) is -1.16. The highest BCUT2D eigenvalue weighted by Gasteiger charge is 2.16. The monoisotopic (exact) mass is 192 g/mol. The summed E-state index contributed by atoms with van der Waals surface area (Å²) in [6, 6.07) is 0. The van der Waals surface area contributed by atoms with Crippen LogP contribution >= 0.6 is 0 Å².